The van der Waals surface area contributed by atoms with Gasteiger partial charge in [0.25, 0.3) is 0 Å². The molecule has 0 N–H and O–H groups in total. The monoisotopic (exact) mass is 611 g/mol. The van der Waals surface area contributed by atoms with Gasteiger partial charge in [0.2, 0.25) is 5.91 Å². The molecule has 1 amide bonds. The van der Waals surface area contributed by atoms with Crippen molar-refractivity contribution in [3.8, 4) is 17.1 Å². The number of ether oxygens (including phenoxy) is 1. The van der Waals surface area contributed by atoms with Crippen molar-refractivity contribution in [3.63, 3.8) is 0 Å². The Hall–Kier alpha value is -3.75. The maximum atomic E-state index is 14.5. The van der Waals surface area contributed by atoms with Crippen molar-refractivity contribution in [3.05, 3.63) is 72.3 Å². The molecule has 4 atom stereocenters. The predicted molar refractivity (Wildman–Crippen MR) is 172 cm³/mol. The smallest absolute Gasteiger partial charge is 0.319 e. The number of piperazine rings is 1. The first-order chi connectivity index (χ1) is 21.4. The number of halogens is 2. The van der Waals surface area contributed by atoms with Gasteiger partial charge in [0.05, 0.1) is 11.1 Å². The highest BCUT2D eigenvalue weighted by Gasteiger charge is 2.49. The molecule has 9 heteroatoms. The third-order valence-electron chi connectivity index (χ3n) is 10.3. The fraction of sp³-hybridized carbons (Fsp3) is 0.400. The van der Waals surface area contributed by atoms with Gasteiger partial charge in [0, 0.05) is 53.9 Å². The maximum absolute atomic E-state index is 14.5. The van der Waals surface area contributed by atoms with Crippen LogP contribution in [0.25, 0.3) is 32.8 Å². The zero-order chi connectivity index (χ0) is 30.0. The highest BCUT2D eigenvalue weighted by atomic mass is 35.5. The number of aromatic nitrogens is 2. The van der Waals surface area contributed by atoms with Crippen molar-refractivity contribution < 1.29 is 13.9 Å². The Morgan fingerprint density at radius 3 is 2.68 bits per heavy atom. The van der Waals surface area contributed by atoms with E-state index < -0.39 is 6.17 Å². The fourth-order valence-corrected chi connectivity index (χ4v) is 8.57. The molecule has 4 aromatic rings. The van der Waals surface area contributed by atoms with Crippen LogP contribution in [0.3, 0.4) is 0 Å². The van der Waals surface area contributed by atoms with E-state index in [2.05, 4.69) is 52.8 Å². The van der Waals surface area contributed by atoms with Gasteiger partial charge in [-0.25, -0.2) is 4.39 Å². The number of anilines is 1. The Labute approximate surface area is 261 Å². The average Bonchev–Trinajstić information content (AvgIpc) is 3.65. The number of benzene rings is 3. The van der Waals surface area contributed by atoms with Crippen LogP contribution < -0.4 is 9.64 Å². The van der Waals surface area contributed by atoms with Gasteiger partial charge < -0.3 is 14.5 Å². The summed E-state index contributed by atoms with van der Waals surface area (Å²) in [7, 11) is 0. The van der Waals surface area contributed by atoms with E-state index >= 15 is 0 Å². The molecule has 3 aromatic carbocycles. The van der Waals surface area contributed by atoms with Crippen molar-refractivity contribution in [1.82, 2.24) is 19.8 Å². The standard InChI is InChI=1S/C35H35ClFN5O2/c1-2-31(43)42-25-11-12-26(42)20-40(19-25)33-28-13-10-23(27-8-3-6-22-7-4-9-29(36)32(22)27)16-30(28)38-34(39-33)44-21-35-14-5-15-41(35)18-24(37)17-35/h2-4,6-10,13,16,24-26H,1,5,11-12,14-15,17-21H2/t24-,25?,26?,35+/m1/s1. The second kappa shape index (κ2) is 10.7. The molecule has 4 aliphatic heterocycles. The molecule has 4 fully saturated rings. The summed E-state index contributed by atoms with van der Waals surface area (Å²) in [6.07, 6.45) is 4.97. The molecule has 4 saturated heterocycles. The Morgan fingerprint density at radius 2 is 1.89 bits per heavy atom. The summed E-state index contributed by atoms with van der Waals surface area (Å²) in [4.78, 5) is 29.1. The summed E-state index contributed by atoms with van der Waals surface area (Å²) in [5, 5.41) is 3.72. The molecule has 0 aliphatic carbocycles. The molecule has 7 nitrogen and oxygen atoms in total. The maximum Gasteiger partial charge on any atom is 0.319 e. The molecule has 5 heterocycles. The van der Waals surface area contributed by atoms with Crippen LogP contribution in [0.15, 0.2) is 67.3 Å². The molecule has 4 aliphatic rings. The number of nitrogens with zero attached hydrogens (tertiary/aromatic N) is 5. The van der Waals surface area contributed by atoms with Crippen molar-refractivity contribution in [2.45, 2.75) is 55.9 Å². The number of rotatable bonds is 6. The van der Waals surface area contributed by atoms with Crippen LogP contribution in [-0.4, -0.2) is 82.3 Å². The zero-order valence-corrected chi connectivity index (χ0v) is 25.3. The lowest BCUT2D eigenvalue weighted by molar-refractivity contribution is -0.129. The number of alkyl halides is 1. The summed E-state index contributed by atoms with van der Waals surface area (Å²) in [6, 6.07) is 19.0. The Balaban J connectivity index is 1.20. The molecule has 2 bridgehead atoms. The third kappa shape index (κ3) is 4.53. The number of fused-ring (bicyclic) bond motifs is 5. The van der Waals surface area contributed by atoms with Gasteiger partial charge in [-0.15, -0.1) is 0 Å². The first-order valence-electron chi connectivity index (χ1n) is 15.6. The molecular formula is C35H35ClFN5O2. The van der Waals surface area contributed by atoms with Crippen LogP contribution in [-0.2, 0) is 4.79 Å². The largest absolute Gasteiger partial charge is 0.461 e. The molecule has 2 unspecified atom stereocenters. The molecule has 0 saturated carbocycles. The van der Waals surface area contributed by atoms with Crippen LogP contribution in [0.5, 0.6) is 6.01 Å². The minimum Gasteiger partial charge on any atom is -0.461 e. The normalized spacial score (nSPS) is 26.5. The van der Waals surface area contributed by atoms with Gasteiger partial charge in [-0.05, 0) is 73.0 Å². The molecule has 8 rings (SSSR count). The summed E-state index contributed by atoms with van der Waals surface area (Å²) < 4.78 is 20.9. The van der Waals surface area contributed by atoms with Crippen LogP contribution >= 0.6 is 11.6 Å². The van der Waals surface area contributed by atoms with Gasteiger partial charge in [0.15, 0.2) is 0 Å². The SMILES string of the molecule is C=CC(=O)N1C2CCC1CN(c1nc(OC[C@@]34CCCN3C[C@H](F)C4)nc3cc(-c4cccc5cccc(Cl)c45)ccc13)C2. The van der Waals surface area contributed by atoms with Gasteiger partial charge in [-0.1, -0.05) is 54.6 Å². The van der Waals surface area contributed by atoms with Crippen molar-refractivity contribution in [2.75, 3.05) is 37.7 Å². The lowest BCUT2D eigenvalue weighted by Gasteiger charge is -2.41. The first kappa shape index (κ1) is 27.8. The number of carbonyl (C=O) groups is 1. The van der Waals surface area contributed by atoms with E-state index in [1.54, 1.807) is 0 Å². The second-order valence-electron chi connectivity index (χ2n) is 12.8. The van der Waals surface area contributed by atoms with Gasteiger partial charge in [-0.2, -0.15) is 9.97 Å². The van der Waals surface area contributed by atoms with Crippen LogP contribution in [0.2, 0.25) is 5.02 Å². The Bertz CT molecular complexity index is 1780. The van der Waals surface area contributed by atoms with Crippen LogP contribution in [0.4, 0.5) is 10.2 Å². The first-order valence-corrected chi connectivity index (χ1v) is 16.0. The topological polar surface area (TPSA) is 61.8 Å². The van der Waals surface area contributed by atoms with E-state index in [1.807, 2.05) is 23.1 Å². The van der Waals surface area contributed by atoms with E-state index in [0.717, 1.165) is 70.8 Å². The molecule has 226 valence electrons. The van der Waals surface area contributed by atoms with Crippen molar-refractivity contribution in [1.29, 1.82) is 0 Å². The Kier molecular flexibility index (Phi) is 6.76. The summed E-state index contributed by atoms with van der Waals surface area (Å²) >= 11 is 6.70. The van der Waals surface area contributed by atoms with Gasteiger partial charge in [-0.3, -0.25) is 9.69 Å². The molecule has 0 radical (unpaired) electrons. The van der Waals surface area contributed by atoms with E-state index in [9.17, 15) is 9.18 Å². The predicted octanol–water partition coefficient (Wildman–Crippen LogP) is 6.42. The average molecular weight is 612 g/mol. The van der Waals surface area contributed by atoms with E-state index in [0.29, 0.717) is 43.7 Å². The van der Waals surface area contributed by atoms with E-state index in [4.69, 9.17) is 26.3 Å². The minimum atomic E-state index is -0.827. The van der Waals surface area contributed by atoms with E-state index in [-0.39, 0.29) is 23.5 Å². The highest BCUT2D eigenvalue weighted by Crippen LogP contribution is 2.42. The fourth-order valence-electron chi connectivity index (χ4n) is 8.29. The lowest BCUT2D eigenvalue weighted by atomic mass is 9.95. The summed E-state index contributed by atoms with van der Waals surface area (Å²) in [6.45, 7) is 6.83. The van der Waals surface area contributed by atoms with Crippen LogP contribution in [0.1, 0.15) is 32.1 Å². The molecular weight excluding hydrogens is 577 g/mol. The molecule has 44 heavy (non-hydrogen) atoms. The number of hydrogen-bond donors (Lipinski definition) is 0. The lowest BCUT2D eigenvalue weighted by Crippen LogP contribution is -2.55. The number of hydrogen-bond acceptors (Lipinski definition) is 6. The van der Waals surface area contributed by atoms with Crippen LogP contribution in [0, 0.1) is 0 Å². The molecule has 0 spiro atoms. The number of amides is 1. The van der Waals surface area contributed by atoms with Gasteiger partial charge in [0.1, 0.15) is 18.6 Å². The quantitative estimate of drug-likeness (QED) is 0.234. The summed E-state index contributed by atoms with van der Waals surface area (Å²) in [5.74, 6) is 0.806. The van der Waals surface area contributed by atoms with E-state index in [1.165, 1.54) is 6.08 Å². The zero-order valence-electron chi connectivity index (χ0n) is 24.6. The highest BCUT2D eigenvalue weighted by molar-refractivity contribution is 6.36. The molecule has 1 aromatic heterocycles. The number of carbonyl (C=O) groups excluding carboxylic acids is 1. The van der Waals surface area contributed by atoms with Gasteiger partial charge >= 0.3 is 6.01 Å². The third-order valence-corrected chi connectivity index (χ3v) is 10.6. The Morgan fingerprint density at radius 1 is 1.09 bits per heavy atom. The van der Waals surface area contributed by atoms with Crippen molar-refractivity contribution >= 4 is 45.0 Å². The summed E-state index contributed by atoms with van der Waals surface area (Å²) in [5.41, 5.74) is 2.52. The van der Waals surface area contributed by atoms with Crippen molar-refractivity contribution in [2.24, 2.45) is 0 Å². The minimum absolute atomic E-state index is 0.00443. The second-order valence-corrected chi connectivity index (χ2v) is 13.2.